The summed E-state index contributed by atoms with van der Waals surface area (Å²) in [5.41, 5.74) is 2.17. The number of aromatic nitrogens is 2. The fourth-order valence-electron chi connectivity index (χ4n) is 3.32. The van der Waals surface area contributed by atoms with Crippen molar-refractivity contribution in [3.8, 4) is 23.0 Å². The highest BCUT2D eigenvalue weighted by Crippen LogP contribution is 2.38. The molecule has 2 aromatic carbocycles. The molecule has 0 saturated heterocycles. The molecule has 2 aromatic heterocycles. The summed E-state index contributed by atoms with van der Waals surface area (Å²) in [4.78, 5) is 20.4. The first-order valence-electron chi connectivity index (χ1n) is 11.1. The average Bonchev–Trinajstić information content (AvgIpc) is 2.88. The van der Waals surface area contributed by atoms with Gasteiger partial charge in [-0.25, -0.2) is 4.79 Å². The molecule has 2 N–H and O–H groups in total. The lowest BCUT2D eigenvalue weighted by molar-refractivity contribution is 0.252. The maximum Gasteiger partial charge on any atom is 0.319 e. The number of fused-ring (bicyclic) bond motifs is 1. The highest BCUT2D eigenvalue weighted by molar-refractivity contribution is 6.33. The molecule has 0 fully saturated rings. The number of nitrogens with zero attached hydrogens (tertiary/aromatic N) is 2. The molecule has 35 heavy (non-hydrogen) atoms. The van der Waals surface area contributed by atoms with Crippen LogP contribution < -0.4 is 24.8 Å². The summed E-state index contributed by atoms with van der Waals surface area (Å²) in [6.45, 7) is 2.93. The van der Waals surface area contributed by atoms with Crippen LogP contribution in [0, 0.1) is 0 Å². The van der Waals surface area contributed by atoms with E-state index in [-0.39, 0.29) is 6.03 Å². The fourth-order valence-corrected chi connectivity index (χ4v) is 3.54. The third kappa shape index (κ3) is 6.10. The molecule has 0 aliphatic rings. The first kappa shape index (κ1) is 24.1. The van der Waals surface area contributed by atoms with Crippen molar-refractivity contribution < 1.29 is 19.0 Å². The van der Waals surface area contributed by atoms with E-state index in [1.165, 1.54) is 0 Å². The monoisotopic (exact) mass is 492 g/mol. The minimum atomic E-state index is -0.309. The van der Waals surface area contributed by atoms with E-state index in [1.807, 2.05) is 31.2 Å². The Morgan fingerprint density at radius 3 is 2.57 bits per heavy atom. The SMILES string of the molecule is CCCNC(=O)Nc1ccc(Oc2ccnc3cc(OCc4ccncc4)c(OC)cc23)cc1Cl. The van der Waals surface area contributed by atoms with Gasteiger partial charge in [0.15, 0.2) is 11.5 Å². The third-order valence-electron chi connectivity index (χ3n) is 5.08. The molecule has 2 heterocycles. The number of pyridine rings is 2. The van der Waals surface area contributed by atoms with Crippen molar-refractivity contribution >= 4 is 34.2 Å². The van der Waals surface area contributed by atoms with Gasteiger partial charge in [-0.1, -0.05) is 18.5 Å². The van der Waals surface area contributed by atoms with Crippen molar-refractivity contribution in [2.75, 3.05) is 19.0 Å². The number of amides is 2. The van der Waals surface area contributed by atoms with E-state index >= 15 is 0 Å². The Kier molecular flexibility index (Phi) is 7.84. The van der Waals surface area contributed by atoms with Crippen molar-refractivity contribution in [1.29, 1.82) is 0 Å². The molecule has 0 unspecified atom stereocenters. The normalized spacial score (nSPS) is 10.6. The second-order valence-electron chi connectivity index (χ2n) is 7.60. The van der Waals surface area contributed by atoms with Gasteiger partial charge >= 0.3 is 6.03 Å². The highest BCUT2D eigenvalue weighted by Gasteiger charge is 2.13. The molecule has 0 bridgehead atoms. The van der Waals surface area contributed by atoms with Crippen LogP contribution in [0.3, 0.4) is 0 Å². The summed E-state index contributed by atoms with van der Waals surface area (Å²) in [5, 5.41) is 6.58. The molecule has 4 aromatic rings. The second-order valence-corrected chi connectivity index (χ2v) is 8.01. The number of nitrogens with one attached hydrogen (secondary N) is 2. The molecule has 0 radical (unpaired) electrons. The number of ether oxygens (including phenoxy) is 3. The quantitative estimate of drug-likeness (QED) is 0.289. The largest absolute Gasteiger partial charge is 0.493 e. The number of hydrogen-bond donors (Lipinski definition) is 2. The maximum atomic E-state index is 11.9. The number of anilines is 1. The van der Waals surface area contributed by atoms with Crippen LogP contribution in [0.4, 0.5) is 10.5 Å². The van der Waals surface area contributed by atoms with Crippen molar-refractivity contribution in [2.45, 2.75) is 20.0 Å². The van der Waals surface area contributed by atoms with Crippen LogP contribution in [0.1, 0.15) is 18.9 Å². The van der Waals surface area contributed by atoms with E-state index in [0.717, 1.165) is 17.4 Å². The van der Waals surface area contributed by atoms with Gasteiger partial charge in [0.2, 0.25) is 0 Å². The van der Waals surface area contributed by atoms with Crippen molar-refractivity contribution in [1.82, 2.24) is 15.3 Å². The minimum Gasteiger partial charge on any atom is -0.493 e. The average molecular weight is 493 g/mol. The zero-order valence-electron chi connectivity index (χ0n) is 19.4. The Bertz CT molecular complexity index is 1320. The molecule has 0 aliphatic carbocycles. The van der Waals surface area contributed by atoms with Crippen molar-refractivity contribution in [2.24, 2.45) is 0 Å². The summed E-state index contributed by atoms with van der Waals surface area (Å²) in [6.07, 6.45) is 5.94. The first-order valence-corrected chi connectivity index (χ1v) is 11.5. The molecule has 2 amide bonds. The molecule has 4 rings (SSSR count). The molecule has 0 spiro atoms. The second kappa shape index (κ2) is 11.4. The van der Waals surface area contributed by atoms with Crippen LogP contribution in [0.2, 0.25) is 5.02 Å². The minimum absolute atomic E-state index is 0.309. The molecule has 8 nitrogen and oxygen atoms in total. The maximum absolute atomic E-state index is 11.9. The predicted octanol–water partition coefficient (Wildman–Crippen LogP) is 6.19. The van der Waals surface area contributed by atoms with Crippen molar-refractivity contribution in [3.63, 3.8) is 0 Å². The van der Waals surface area contributed by atoms with Crippen LogP contribution in [-0.4, -0.2) is 29.7 Å². The lowest BCUT2D eigenvalue weighted by atomic mass is 10.1. The third-order valence-corrected chi connectivity index (χ3v) is 5.40. The summed E-state index contributed by atoms with van der Waals surface area (Å²) < 4.78 is 17.6. The molecule has 180 valence electrons. The Labute approximate surface area is 208 Å². The first-order chi connectivity index (χ1) is 17.1. The number of urea groups is 1. The summed E-state index contributed by atoms with van der Waals surface area (Å²) in [7, 11) is 1.58. The highest BCUT2D eigenvalue weighted by atomic mass is 35.5. The Hall–Kier alpha value is -4.04. The van der Waals surface area contributed by atoms with Gasteiger partial charge in [0.05, 0.1) is 23.3 Å². The van der Waals surface area contributed by atoms with Crippen LogP contribution in [0.15, 0.2) is 67.1 Å². The fraction of sp³-hybridized carbons (Fsp3) is 0.192. The van der Waals surface area contributed by atoms with Gasteiger partial charge in [-0.3, -0.25) is 9.97 Å². The standard InChI is InChI=1S/C26H25ClN4O4/c1-3-9-30-26(32)31-21-5-4-18(13-20(21)27)35-23-8-12-29-22-15-25(24(33-2)14-19(22)23)34-16-17-6-10-28-11-7-17/h4-8,10-15H,3,9,16H2,1-2H3,(H2,30,31,32). The van der Waals surface area contributed by atoms with E-state index in [4.69, 9.17) is 25.8 Å². The molecule has 0 atom stereocenters. The van der Waals surface area contributed by atoms with Gasteiger partial charge in [0.25, 0.3) is 0 Å². The van der Waals surface area contributed by atoms with E-state index in [0.29, 0.717) is 52.4 Å². The number of halogens is 1. The number of carbonyl (C=O) groups is 1. The number of carbonyl (C=O) groups excluding carboxylic acids is 1. The molecule has 0 aliphatic heterocycles. The van der Waals surface area contributed by atoms with Gasteiger partial charge < -0.3 is 24.8 Å². The van der Waals surface area contributed by atoms with Crippen LogP contribution in [-0.2, 0) is 6.61 Å². The Morgan fingerprint density at radius 1 is 1.00 bits per heavy atom. The predicted molar refractivity (Wildman–Crippen MR) is 136 cm³/mol. The number of benzene rings is 2. The number of hydrogen-bond acceptors (Lipinski definition) is 6. The van der Waals surface area contributed by atoms with Crippen LogP contribution in [0.25, 0.3) is 10.9 Å². The van der Waals surface area contributed by atoms with Gasteiger partial charge in [-0.2, -0.15) is 0 Å². The zero-order valence-corrected chi connectivity index (χ0v) is 20.1. The number of methoxy groups -OCH3 is 1. The van der Waals surface area contributed by atoms with E-state index in [1.54, 1.807) is 50.0 Å². The molecule has 9 heteroatoms. The van der Waals surface area contributed by atoms with E-state index < -0.39 is 0 Å². The number of rotatable bonds is 9. The van der Waals surface area contributed by atoms with E-state index in [9.17, 15) is 4.79 Å². The Morgan fingerprint density at radius 2 is 1.83 bits per heavy atom. The summed E-state index contributed by atoms with van der Waals surface area (Å²) >= 11 is 6.37. The Balaban J connectivity index is 1.54. The van der Waals surface area contributed by atoms with Crippen LogP contribution >= 0.6 is 11.6 Å². The topological polar surface area (TPSA) is 94.6 Å². The molecule has 0 saturated carbocycles. The lowest BCUT2D eigenvalue weighted by Gasteiger charge is -2.14. The zero-order chi connectivity index (χ0) is 24.6. The summed E-state index contributed by atoms with van der Waals surface area (Å²) in [6, 6.07) is 13.9. The van der Waals surface area contributed by atoms with Gasteiger partial charge in [0, 0.05) is 42.7 Å². The molecular formula is C26H25ClN4O4. The van der Waals surface area contributed by atoms with Gasteiger partial charge in [-0.15, -0.1) is 0 Å². The van der Waals surface area contributed by atoms with Gasteiger partial charge in [0.1, 0.15) is 18.1 Å². The van der Waals surface area contributed by atoms with Gasteiger partial charge in [-0.05, 0) is 48.4 Å². The lowest BCUT2D eigenvalue weighted by Crippen LogP contribution is -2.29. The summed E-state index contributed by atoms with van der Waals surface area (Å²) in [5.74, 6) is 2.21. The van der Waals surface area contributed by atoms with E-state index in [2.05, 4.69) is 20.6 Å². The smallest absolute Gasteiger partial charge is 0.319 e. The van der Waals surface area contributed by atoms with Crippen molar-refractivity contribution in [3.05, 3.63) is 77.7 Å². The molecular weight excluding hydrogens is 468 g/mol. The van der Waals surface area contributed by atoms with Crippen LogP contribution in [0.5, 0.6) is 23.0 Å².